The Morgan fingerprint density at radius 1 is 1.26 bits per heavy atom. The van der Waals surface area contributed by atoms with Gasteiger partial charge >= 0.3 is 0 Å². The van der Waals surface area contributed by atoms with Gasteiger partial charge < -0.3 is 5.32 Å². The minimum atomic E-state index is -0.284. The molecule has 1 N–H and O–H groups in total. The highest BCUT2D eigenvalue weighted by molar-refractivity contribution is 5.92. The van der Waals surface area contributed by atoms with E-state index < -0.39 is 0 Å². The van der Waals surface area contributed by atoms with Crippen LogP contribution in [0.15, 0.2) is 42.6 Å². The Morgan fingerprint density at radius 3 is 2.89 bits per heavy atom. The summed E-state index contributed by atoms with van der Waals surface area (Å²) in [6.45, 7) is 0.480. The second-order valence-electron chi connectivity index (χ2n) is 3.85. The highest BCUT2D eigenvalue weighted by Crippen LogP contribution is 1.99. The first-order valence-corrected chi connectivity index (χ1v) is 5.85. The molecule has 2 rings (SSSR count). The van der Waals surface area contributed by atoms with E-state index in [9.17, 15) is 4.79 Å². The topological polar surface area (TPSA) is 78.7 Å². The maximum absolute atomic E-state index is 11.8. The summed E-state index contributed by atoms with van der Waals surface area (Å²) >= 11 is 0. The van der Waals surface area contributed by atoms with Gasteiger partial charge in [-0.15, -0.1) is 0 Å². The average molecular weight is 252 g/mol. The molecule has 0 radical (unpaired) electrons. The standard InChI is InChI=1S/C14H12N4O/c15-10-12-5-3-6-13(18-12)14(19)17-9-7-11-4-1-2-8-16-11/h1-6,8H,7,9H2,(H,17,19). The fourth-order valence-electron chi connectivity index (χ4n) is 1.56. The van der Waals surface area contributed by atoms with Gasteiger partial charge in [0.25, 0.3) is 5.91 Å². The van der Waals surface area contributed by atoms with Gasteiger partial charge in [-0.05, 0) is 24.3 Å². The molecule has 0 aliphatic heterocycles. The zero-order chi connectivity index (χ0) is 13.5. The molecule has 94 valence electrons. The zero-order valence-corrected chi connectivity index (χ0v) is 10.2. The SMILES string of the molecule is N#Cc1cccc(C(=O)NCCc2ccccn2)n1. The second kappa shape index (κ2) is 6.26. The lowest BCUT2D eigenvalue weighted by Crippen LogP contribution is -2.26. The summed E-state index contributed by atoms with van der Waals surface area (Å²) in [6, 6.07) is 12.3. The molecule has 0 unspecified atom stereocenters. The molecular weight excluding hydrogens is 240 g/mol. The van der Waals surface area contributed by atoms with Crippen LogP contribution in [0, 0.1) is 11.3 Å². The number of pyridine rings is 2. The van der Waals surface area contributed by atoms with E-state index in [1.807, 2.05) is 24.3 Å². The fourth-order valence-corrected chi connectivity index (χ4v) is 1.56. The van der Waals surface area contributed by atoms with Crippen LogP contribution in [0.1, 0.15) is 21.9 Å². The molecule has 0 saturated heterocycles. The van der Waals surface area contributed by atoms with E-state index in [1.165, 1.54) is 0 Å². The molecular formula is C14H12N4O. The van der Waals surface area contributed by atoms with Gasteiger partial charge in [0.15, 0.2) is 0 Å². The quantitative estimate of drug-likeness (QED) is 0.890. The largest absolute Gasteiger partial charge is 0.350 e. The van der Waals surface area contributed by atoms with Gasteiger partial charge in [0, 0.05) is 24.9 Å². The Labute approximate surface area is 110 Å². The molecule has 0 aliphatic rings. The van der Waals surface area contributed by atoms with Crippen molar-refractivity contribution in [2.24, 2.45) is 0 Å². The van der Waals surface area contributed by atoms with Crippen LogP contribution < -0.4 is 5.32 Å². The summed E-state index contributed by atoms with van der Waals surface area (Å²) in [4.78, 5) is 19.9. The molecule has 0 bridgehead atoms. The summed E-state index contributed by atoms with van der Waals surface area (Å²) in [5.74, 6) is -0.284. The predicted molar refractivity (Wildman–Crippen MR) is 69.2 cm³/mol. The van der Waals surface area contributed by atoms with Crippen molar-refractivity contribution >= 4 is 5.91 Å². The molecule has 0 spiro atoms. The van der Waals surface area contributed by atoms with Crippen LogP contribution in [0.25, 0.3) is 0 Å². The monoisotopic (exact) mass is 252 g/mol. The number of rotatable bonds is 4. The molecule has 2 aromatic rings. The average Bonchev–Trinajstić information content (AvgIpc) is 2.48. The van der Waals surface area contributed by atoms with E-state index in [-0.39, 0.29) is 17.3 Å². The van der Waals surface area contributed by atoms with Gasteiger partial charge in [-0.25, -0.2) is 4.98 Å². The summed E-state index contributed by atoms with van der Waals surface area (Å²) in [7, 11) is 0. The normalized spacial score (nSPS) is 9.63. The number of amides is 1. The lowest BCUT2D eigenvalue weighted by atomic mass is 10.2. The highest BCUT2D eigenvalue weighted by Gasteiger charge is 2.07. The van der Waals surface area contributed by atoms with Crippen molar-refractivity contribution < 1.29 is 4.79 Å². The van der Waals surface area contributed by atoms with Gasteiger partial charge in [-0.3, -0.25) is 9.78 Å². The van der Waals surface area contributed by atoms with Gasteiger partial charge in [-0.2, -0.15) is 5.26 Å². The minimum absolute atomic E-state index is 0.234. The highest BCUT2D eigenvalue weighted by atomic mass is 16.1. The van der Waals surface area contributed by atoms with Crippen LogP contribution in [0.3, 0.4) is 0 Å². The van der Waals surface area contributed by atoms with Crippen molar-refractivity contribution in [3.8, 4) is 6.07 Å². The van der Waals surface area contributed by atoms with Gasteiger partial charge in [0.1, 0.15) is 17.5 Å². The number of hydrogen-bond donors (Lipinski definition) is 1. The van der Waals surface area contributed by atoms with E-state index in [2.05, 4.69) is 15.3 Å². The maximum Gasteiger partial charge on any atom is 0.269 e. The number of nitriles is 1. The zero-order valence-electron chi connectivity index (χ0n) is 10.2. The number of carbonyl (C=O) groups excluding carboxylic acids is 1. The Hall–Kier alpha value is -2.74. The van der Waals surface area contributed by atoms with Crippen LogP contribution in [0.5, 0.6) is 0 Å². The van der Waals surface area contributed by atoms with E-state index in [0.717, 1.165) is 5.69 Å². The number of aromatic nitrogens is 2. The van der Waals surface area contributed by atoms with Gasteiger partial charge in [0.05, 0.1) is 0 Å². The third-order valence-corrected chi connectivity index (χ3v) is 2.49. The van der Waals surface area contributed by atoms with Crippen LogP contribution in [-0.2, 0) is 6.42 Å². The van der Waals surface area contributed by atoms with Crippen LogP contribution in [0.2, 0.25) is 0 Å². The third kappa shape index (κ3) is 3.61. The molecule has 19 heavy (non-hydrogen) atoms. The Balaban J connectivity index is 1.89. The molecule has 2 aromatic heterocycles. The number of nitrogens with zero attached hydrogens (tertiary/aromatic N) is 3. The van der Waals surface area contributed by atoms with E-state index in [1.54, 1.807) is 24.4 Å². The maximum atomic E-state index is 11.8. The van der Waals surface area contributed by atoms with Crippen molar-refractivity contribution in [2.75, 3.05) is 6.54 Å². The lowest BCUT2D eigenvalue weighted by Gasteiger charge is -2.04. The van der Waals surface area contributed by atoms with E-state index >= 15 is 0 Å². The third-order valence-electron chi connectivity index (χ3n) is 2.49. The lowest BCUT2D eigenvalue weighted by molar-refractivity contribution is 0.0949. The van der Waals surface area contributed by atoms with Crippen molar-refractivity contribution in [2.45, 2.75) is 6.42 Å². The molecule has 5 heteroatoms. The Kier molecular flexibility index (Phi) is 4.19. The first-order valence-electron chi connectivity index (χ1n) is 5.85. The first-order chi connectivity index (χ1) is 9.29. The Bertz CT molecular complexity index is 604. The van der Waals surface area contributed by atoms with Crippen LogP contribution in [0.4, 0.5) is 0 Å². The minimum Gasteiger partial charge on any atom is -0.350 e. The van der Waals surface area contributed by atoms with Crippen molar-refractivity contribution in [1.82, 2.24) is 15.3 Å². The van der Waals surface area contributed by atoms with Crippen molar-refractivity contribution in [3.05, 3.63) is 59.7 Å². The number of carbonyl (C=O) groups is 1. The molecule has 1 amide bonds. The molecule has 0 aromatic carbocycles. The first kappa shape index (κ1) is 12.7. The molecule has 0 saturated carbocycles. The summed E-state index contributed by atoms with van der Waals surface area (Å²) < 4.78 is 0. The smallest absolute Gasteiger partial charge is 0.269 e. The molecule has 2 heterocycles. The summed E-state index contributed by atoms with van der Waals surface area (Å²) in [5, 5.41) is 11.5. The van der Waals surface area contributed by atoms with E-state index in [4.69, 9.17) is 5.26 Å². The van der Waals surface area contributed by atoms with Crippen LogP contribution in [-0.4, -0.2) is 22.4 Å². The van der Waals surface area contributed by atoms with Gasteiger partial charge in [-0.1, -0.05) is 12.1 Å². The fraction of sp³-hybridized carbons (Fsp3) is 0.143. The van der Waals surface area contributed by atoms with Crippen molar-refractivity contribution in [1.29, 1.82) is 5.26 Å². The number of nitrogens with one attached hydrogen (secondary N) is 1. The van der Waals surface area contributed by atoms with E-state index in [0.29, 0.717) is 13.0 Å². The molecule has 0 fully saturated rings. The molecule has 0 aliphatic carbocycles. The Morgan fingerprint density at radius 2 is 2.16 bits per heavy atom. The second-order valence-corrected chi connectivity index (χ2v) is 3.85. The molecule has 0 atom stereocenters. The summed E-state index contributed by atoms with van der Waals surface area (Å²) in [5.41, 5.74) is 1.40. The predicted octanol–water partition coefficient (Wildman–Crippen LogP) is 1.32. The summed E-state index contributed by atoms with van der Waals surface area (Å²) in [6.07, 6.45) is 2.37. The molecule has 5 nitrogen and oxygen atoms in total. The van der Waals surface area contributed by atoms with Crippen LogP contribution >= 0.6 is 0 Å². The van der Waals surface area contributed by atoms with Crippen molar-refractivity contribution in [3.63, 3.8) is 0 Å². The van der Waals surface area contributed by atoms with Gasteiger partial charge in [0.2, 0.25) is 0 Å². The number of hydrogen-bond acceptors (Lipinski definition) is 4.